The molecular weight excluding hydrogens is 494 g/mol. The van der Waals surface area contributed by atoms with Crippen LogP contribution in [0, 0.1) is 0 Å². The van der Waals surface area contributed by atoms with Crippen LogP contribution in [0.5, 0.6) is 5.75 Å². The van der Waals surface area contributed by atoms with Gasteiger partial charge >= 0.3 is 0 Å². The highest BCUT2D eigenvalue weighted by Gasteiger charge is 2.23. The fourth-order valence-electron chi connectivity index (χ4n) is 4.45. The van der Waals surface area contributed by atoms with Crippen LogP contribution in [-0.2, 0) is 4.79 Å². The number of aliphatic hydroxyl groups excluding tert-OH is 1. The van der Waals surface area contributed by atoms with Gasteiger partial charge in [0.25, 0.3) is 0 Å². The fourth-order valence-corrected chi connectivity index (χ4v) is 4.45. The van der Waals surface area contributed by atoms with Crippen LogP contribution in [0.25, 0.3) is 17.2 Å². The first-order chi connectivity index (χ1) is 18.9. The number of benzene rings is 2. The Bertz CT molecular complexity index is 1260. The molecule has 1 heterocycles. The molecule has 0 radical (unpaired) electrons. The van der Waals surface area contributed by atoms with Crippen LogP contribution in [-0.4, -0.2) is 86.7 Å². The highest BCUT2D eigenvalue weighted by atomic mass is 16.5. The zero-order valence-corrected chi connectivity index (χ0v) is 23.5. The Balaban J connectivity index is 2.11. The molecule has 0 aromatic heterocycles. The van der Waals surface area contributed by atoms with Crippen molar-refractivity contribution in [2.75, 3.05) is 47.4 Å². The van der Waals surface area contributed by atoms with Gasteiger partial charge in [-0.3, -0.25) is 14.6 Å². The number of aliphatic hydroxyl groups is 1. The van der Waals surface area contributed by atoms with Crippen molar-refractivity contribution in [3.05, 3.63) is 52.6 Å². The predicted octanol–water partition coefficient (Wildman–Crippen LogP) is 4.12. The van der Waals surface area contributed by atoms with E-state index in [4.69, 9.17) is 14.8 Å². The molecule has 0 saturated heterocycles. The third-order valence-corrected chi connectivity index (χ3v) is 6.47. The lowest BCUT2D eigenvalue weighted by Crippen LogP contribution is -2.34. The average molecular weight is 534 g/mol. The summed E-state index contributed by atoms with van der Waals surface area (Å²) >= 11 is 0. The number of hydrogen-bond donors (Lipinski definition) is 2. The number of aliphatic imine (C=N–C) groups is 1. The number of fused-ring (bicyclic) bond motifs is 1. The highest BCUT2D eigenvalue weighted by molar-refractivity contribution is 6.06. The maximum atomic E-state index is 13.5. The Morgan fingerprint density at radius 3 is 2.49 bits per heavy atom. The molecule has 39 heavy (non-hydrogen) atoms. The summed E-state index contributed by atoms with van der Waals surface area (Å²) in [5.41, 5.74) is 4.96. The molecule has 2 aromatic carbocycles. The van der Waals surface area contributed by atoms with Gasteiger partial charge in [-0.05, 0) is 48.2 Å². The molecule has 0 saturated carbocycles. The molecule has 0 aliphatic carbocycles. The van der Waals surface area contributed by atoms with Crippen molar-refractivity contribution in [3.63, 3.8) is 0 Å². The van der Waals surface area contributed by atoms with Gasteiger partial charge in [-0.25, -0.2) is 4.99 Å². The number of likely N-dealkylation sites (N-methyl/N-ethyl adjacent to an activating group) is 1. The summed E-state index contributed by atoms with van der Waals surface area (Å²) in [6.45, 7) is 5.92. The van der Waals surface area contributed by atoms with E-state index in [0.29, 0.717) is 60.0 Å². The molecule has 2 aromatic rings. The largest absolute Gasteiger partial charge is 0.496 e. The summed E-state index contributed by atoms with van der Waals surface area (Å²) in [5.74, 6) is 1.31. The van der Waals surface area contributed by atoms with Gasteiger partial charge in [0.15, 0.2) is 6.29 Å². The van der Waals surface area contributed by atoms with Crippen molar-refractivity contribution < 1.29 is 19.4 Å². The molecule has 1 aliphatic rings. The van der Waals surface area contributed by atoms with Gasteiger partial charge in [0.2, 0.25) is 5.91 Å². The van der Waals surface area contributed by atoms with E-state index >= 15 is 0 Å². The summed E-state index contributed by atoms with van der Waals surface area (Å²) in [6, 6.07) is 9.39. The summed E-state index contributed by atoms with van der Waals surface area (Å²) in [4.78, 5) is 31.9. The minimum Gasteiger partial charge on any atom is -0.496 e. The van der Waals surface area contributed by atoms with Crippen LogP contribution < -0.4 is 10.1 Å². The maximum absolute atomic E-state index is 13.5. The third-order valence-electron chi connectivity index (χ3n) is 6.47. The molecule has 208 valence electrons. The maximum Gasteiger partial charge on any atom is 0.250 e. The summed E-state index contributed by atoms with van der Waals surface area (Å²) in [5, 5.41) is 18.2. The fraction of sp³-hybridized carbons (Fsp3) is 0.400. The molecule has 0 unspecified atom stereocenters. The van der Waals surface area contributed by atoms with Gasteiger partial charge in [-0.15, -0.1) is 0 Å². The van der Waals surface area contributed by atoms with E-state index in [1.807, 2.05) is 35.2 Å². The van der Waals surface area contributed by atoms with E-state index in [0.717, 1.165) is 35.8 Å². The van der Waals surface area contributed by atoms with Crippen LogP contribution in [0.15, 0.2) is 46.0 Å². The third kappa shape index (κ3) is 7.32. The van der Waals surface area contributed by atoms with Crippen molar-refractivity contribution in [3.8, 4) is 16.9 Å². The van der Waals surface area contributed by atoms with E-state index in [1.165, 1.54) is 0 Å². The number of nitrogens with zero attached hydrogens (tertiary/aromatic N) is 4. The standard InChI is InChI=1S/C30H39N5O4/c1-6-10-35(11-7-2)30(38)24-15-26-27(33-29(18-24)31-3)16-23(17-28(26)39-5)21-8-9-22(20-37)25(14-21)19-32-34(4)12-13-36/h8-9,14-17,19-20,36H,6-7,10-13,18H2,1-5H3,(H,31,33)/b32-19-. The van der Waals surface area contributed by atoms with Crippen molar-refractivity contribution in [1.82, 2.24) is 15.2 Å². The van der Waals surface area contributed by atoms with Gasteiger partial charge in [0, 0.05) is 55.9 Å². The summed E-state index contributed by atoms with van der Waals surface area (Å²) in [7, 11) is 5.16. The van der Waals surface area contributed by atoms with E-state index in [2.05, 4.69) is 24.3 Å². The Hall–Kier alpha value is -3.98. The molecule has 9 nitrogen and oxygen atoms in total. The number of carbonyl (C=O) groups excluding carboxylic acids is 2. The first kappa shape index (κ1) is 29.6. The van der Waals surface area contributed by atoms with Gasteiger partial charge in [-0.2, -0.15) is 5.10 Å². The number of methoxy groups -OCH3 is 1. The van der Waals surface area contributed by atoms with Crippen LogP contribution in [0.2, 0.25) is 0 Å². The number of amides is 1. The number of hydrogen-bond acceptors (Lipinski definition) is 8. The summed E-state index contributed by atoms with van der Waals surface area (Å²) < 4.78 is 5.79. The molecule has 0 spiro atoms. The second-order valence-electron chi connectivity index (χ2n) is 9.37. The number of aldehydes is 1. The van der Waals surface area contributed by atoms with Crippen LogP contribution in [0.1, 0.15) is 54.6 Å². The van der Waals surface area contributed by atoms with E-state index in [1.54, 1.807) is 38.5 Å². The van der Waals surface area contributed by atoms with E-state index in [9.17, 15) is 9.59 Å². The molecule has 0 fully saturated rings. The second kappa shape index (κ2) is 14.2. The first-order valence-electron chi connectivity index (χ1n) is 13.3. The lowest BCUT2D eigenvalue weighted by atomic mass is 9.97. The minimum atomic E-state index is -0.0184. The van der Waals surface area contributed by atoms with Crippen molar-refractivity contribution >= 4 is 36.0 Å². The van der Waals surface area contributed by atoms with Gasteiger partial charge < -0.3 is 20.1 Å². The SMILES string of the molecule is CCCN(CCC)C(=O)C1=Cc2c(cc(-c3ccc(C=O)c(/C=N\N(C)CCO)c3)cc2OC)N=C(NC)C1. The van der Waals surface area contributed by atoms with Crippen molar-refractivity contribution in [2.24, 2.45) is 10.1 Å². The molecule has 2 N–H and O–H groups in total. The number of amidine groups is 1. The van der Waals surface area contributed by atoms with Crippen LogP contribution >= 0.6 is 0 Å². The van der Waals surface area contributed by atoms with E-state index < -0.39 is 0 Å². The molecule has 1 amide bonds. The Labute approximate surface area is 230 Å². The zero-order valence-electron chi connectivity index (χ0n) is 23.5. The summed E-state index contributed by atoms with van der Waals surface area (Å²) in [6.07, 6.45) is 6.48. The smallest absolute Gasteiger partial charge is 0.250 e. The van der Waals surface area contributed by atoms with Gasteiger partial charge in [-0.1, -0.05) is 26.0 Å². The lowest BCUT2D eigenvalue weighted by molar-refractivity contribution is -0.127. The number of nitrogens with one attached hydrogen (secondary N) is 1. The second-order valence-corrected chi connectivity index (χ2v) is 9.37. The van der Waals surface area contributed by atoms with Crippen molar-refractivity contribution in [1.29, 1.82) is 0 Å². The van der Waals surface area contributed by atoms with Gasteiger partial charge in [0.05, 0.1) is 32.2 Å². The van der Waals surface area contributed by atoms with Crippen LogP contribution in [0.3, 0.4) is 0 Å². The monoisotopic (exact) mass is 533 g/mol. The quantitative estimate of drug-likeness (QED) is 0.242. The number of ether oxygens (including phenoxy) is 1. The zero-order chi connectivity index (χ0) is 28.4. The first-order valence-corrected chi connectivity index (χ1v) is 13.3. The molecule has 0 bridgehead atoms. The molecular formula is C30H39N5O4. The Morgan fingerprint density at radius 1 is 1.13 bits per heavy atom. The molecule has 9 heteroatoms. The minimum absolute atomic E-state index is 0.0141. The van der Waals surface area contributed by atoms with Crippen molar-refractivity contribution in [2.45, 2.75) is 33.1 Å². The van der Waals surface area contributed by atoms with Crippen LogP contribution in [0.4, 0.5) is 5.69 Å². The Morgan fingerprint density at radius 2 is 1.87 bits per heavy atom. The Kier molecular flexibility index (Phi) is 10.8. The lowest BCUT2D eigenvalue weighted by Gasteiger charge is -2.23. The van der Waals surface area contributed by atoms with Gasteiger partial charge in [0.1, 0.15) is 11.6 Å². The van der Waals surface area contributed by atoms with E-state index in [-0.39, 0.29) is 12.5 Å². The number of hydrazone groups is 1. The number of rotatable bonds is 12. The number of carbonyl (C=O) groups is 2. The predicted molar refractivity (Wildman–Crippen MR) is 157 cm³/mol. The molecule has 1 aliphatic heterocycles. The topological polar surface area (TPSA) is 107 Å². The molecule has 0 atom stereocenters. The average Bonchev–Trinajstić information content (AvgIpc) is 3.14. The highest BCUT2D eigenvalue weighted by Crippen LogP contribution is 2.39. The normalized spacial score (nSPS) is 12.8. The molecule has 3 rings (SSSR count).